The van der Waals surface area contributed by atoms with Crippen molar-refractivity contribution < 1.29 is 5.11 Å². The molecule has 2 fully saturated rings. The minimum Gasteiger partial charge on any atom is -0.389 e. The molecule has 0 aliphatic heterocycles. The van der Waals surface area contributed by atoms with Gasteiger partial charge in [-0.25, -0.2) is 0 Å². The van der Waals surface area contributed by atoms with Crippen LogP contribution in [0.4, 0.5) is 0 Å². The molecule has 0 aromatic carbocycles. The third-order valence-electron chi connectivity index (χ3n) is 4.16. The molecule has 2 saturated carbocycles. The molecular formula is C13H25NO. The maximum Gasteiger partial charge on any atom is 0.0774 e. The van der Waals surface area contributed by atoms with Gasteiger partial charge < -0.3 is 10.4 Å². The molecule has 2 unspecified atom stereocenters. The Morgan fingerprint density at radius 1 is 1.27 bits per heavy atom. The zero-order chi connectivity index (χ0) is 10.9. The summed E-state index contributed by atoms with van der Waals surface area (Å²) in [4.78, 5) is 0. The Morgan fingerprint density at radius 3 is 2.60 bits per heavy atom. The van der Waals surface area contributed by atoms with Crippen LogP contribution in [0.15, 0.2) is 0 Å². The summed E-state index contributed by atoms with van der Waals surface area (Å²) in [7, 11) is 0. The molecule has 88 valence electrons. The molecule has 0 aromatic rings. The molecule has 2 nitrogen and oxygen atoms in total. The van der Waals surface area contributed by atoms with Crippen molar-refractivity contribution in [2.75, 3.05) is 6.54 Å². The summed E-state index contributed by atoms with van der Waals surface area (Å²) in [6, 6.07) is 0.682. The third-order valence-corrected chi connectivity index (χ3v) is 4.16. The van der Waals surface area contributed by atoms with Crippen LogP contribution in [0.25, 0.3) is 0 Å². The second-order valence-corrected chi connectivity index (χ2v) is 6.08. The largest absolute Gasteiger partial charge is 0.389 e. The third kappa shape index (κ3) is 2.94. The summed E-state index contributed by atoms with van der Waals surface area (Å²) in [6.45, 7) is 5.37. The van der Waals surface area contributed by atoms with Gasteiger partial charge in [0.1, 0.15) is 0 Å². The first kappa shape index (κ1) is 11.4. The minimum absolute atomic E-state index is 0.406. The van der Waals surface area contributed by atoms with E-state index in [4.69, 9.17) is 0 Å². The molecule has 0 saturated heterocycles. The Labute approximate surface area is 93.5 Å². The van der Waals surface area contributed by atoms with Crippen LogP contribution >= 0.6 is 0 Å². The van der Waals surface area contributed by atoms with E-state index in [9.17, 15) is 5.11 Å². The number of aliphatic hydroxyl groups is 1. The van der Waals surface area contributed by atoms with Crippen molar-refractivity contribution in [2.45, 2.75) is 64.0 Å². The van der Waals surface area contributed by atoms with E-state index in [1.165, 1.54) is 25.7 Å². The molecule has 0 spiro atoms. The van der Waals surface area contributed by atoms with Crippen molar-refractivity contribution in [3.63, 3.8) is 0 Å². The van der Waals surface area contributed by atoms with Crippen LogP contribution in [-0.4, -0.2) is 23.3 Å². The molecule has 2 atom stereocenters. The number of hydrogen-bond acceptors (Lipinski definition) is 2. The van der Waals surface area contributed by atoms with Gasteiger partial charge in [0.25, 0.3) is 0 Å². The Morgan fingerprint density at radius 2 is 2.00 bits per heavy atom. The van der Waals surface area contributed by atoms with E-state index in [1.54, 1.807) is 0 Å². The fourth-order valence-corrected chi connectivity index (χ4v) is 3.20. The minimum atomic E-state index is -0.406. The lowest BCUT2D eigenvalue weighted by Gasteiger charge is -2.40. The van der Waals surface area contributed by atoms with Crippen molar-refractivity contribution in [2.24, 2.45) is 11.8 Å². The molecule has 2 rings (SSSR count). The molecule has 2 aliphatic carbocycles. The molecule has 15 heavy (non-hydrogen) atoms. The fraction of sp³-hybridized carbons (Fsp3) is 1.00. The van der Waals surface area contributed by atoms with Gasteiger partial charge in [0.05, 0.1) is 5.60 Å². The van der Waals surface area contributed by atoms with E-state index in [-0.39, 0.29) is 0 Å². The van der Waals surface area contributed by atoms with Gasteiger partial charge in [-0.2, -0.15) is 0 Å². The average Bonchev–Trinajstić information content (AvgIpc) is 2.10. The van der Waals surface area contributed by atoms with E-state index in [1.807, 2.05) is 0 Å². The lowest BCUT2D eigenvalue weighted by atomic mass is 9.77. The molecule has 0 heterocycles. The highest BCUT2D eigenvalue weighted by Gasteiger charge is 2.34. The van der Waals surface area contributed by atoms with Crippen LogP contribution in [0.1, 0.15) is 52.4 Å². The highest BCUT2D eigenvalue weighted by molar-refractivity contribution is 4.90. The second-order valence-electron chi connectivity index (χ2n) is 6.08. The molecule has 2 N–H and O–H groups in total. The molecule has 2 aliphatic rings. The number of hydrogen-bond donors (Lipinski definition) is 2. The van der Waals surface area contributed by atoms with Crippen LogP contribution < -0.4 is 5.32 Å². The fourth-order valence-electron chi connectivity index (χ4n) is 3.20. The Bertz CT molecular complexity index is 213. The van der Waals surface area contributed by atoms with Crippen LogP contribution in [0.2, 0.25) is 0 Å². The van der Waals surface area contributed by atoms with Crippen molar-refractivity contribution in [3.05, 3.63) is 0 Å². The zero-order valence-electron chi connectivity index (χ0n) is 10.1. The summed E-state index contributed by atoms with van der Waals surface area (Å²) in [5.74, 6) is 1.59. The van der Waals surface area contributed by atoms with Crippen molar-refractivity contribution >= 4 is 0 Å². The van der Waals surface area contributed by atoms with Crippen molar-refractivity contribution in [1.82, 2.24) is 5.32 Å². The SMILES string of the molecule is CC1CC(NCC2(O)CCCC(C)C2)C1. The number of rotatable bonds is 3. The van der Waals surface area contributed by atoms with E-state index < -0.39 is 5.60 Å². The molecule has 0 bridgehead atoms. The summed E-state index contributed by atoms with van der Waals surface area (Å²) in [5.41, 5.74) is -0.406. The predicted molar refractivity (Wildman–Crippen MR) is 62.8 cm³/mol. The van der Waals surface area contributed by atoms with Crippen molar-refractivity contribution in [1.29, 1.82) is 0 Å². The van der Waals surface area contributed by atoms with Crippen LogP contribution in [-0.2, 0) is 0 Å². The maximum atomic E-state index is 10.4. The zero-order valence-corrected chi connectivity index (χ0v) is 10.1. The van der Waals surface area contributed by atoms with Gasteiger partial charge in [-0.3, -0.25) is 0 Å². The molecule has 0 aromatic heterocycles. The summed E-state index contributed by atoms with van der Waals surface area (Å²) >= 11 is 0. The lowest BCUT2D eigenvalue weighted by Crippen LogP contribution is -2.50. The molecule has 2 heteroatoms. The first-order valence-corrected chi connectivity index (χ1v) is 6.53. The lowest BCUT2D eigenvalue weighted by molar-refractivity contribution is -0.0171. The summed E-state index contributed by atoms with van der Waals surface area (Å²) < 4.78 is 0. The average molecular weight is 211 g/mol. The summed E-state index contributed by atoms with van der Waals surface area (Å²) in [6.07, 6.45) is 7.06. The maximum absolute atomic E-state index is 10.4. The normalized spacial score (nSPS) is 46.2. The smallest absolute Gasteiger partial charge is 0.0774 e. The van der Waals surface area contributed by atoms with E-state index >= 15 is 0 Å². The predicted octanol–water partition coefficient (Wildman–Crippen LogP) is 2.32. The van der Waals surface area contributed by atoms with Crippen LogP contribution in [0, 0.1) is 11.8 Å². The summed E-state index contributed by atoms with van der Waals surface area (Å²) in [5, 5.41) is 13.9. The standard InChI is InChI=1S/C13H25NO/c1-10-4-3-5-13(15,8-10)9-14-12-6-11(2)7-12/h10-12,14-15H,3-9H2,1-2H3. The Balaban J connectivity index is 1.72. The van der Waals surface area contributed by atoms with Gasteiger partial charge in [-0.1, -0.05) is 26.7 Å². The van der Waals surface area contributed by atoms with Crippen molar-refractivity contribution in [3.8, 4) is 0 Å². The van der Waals surface area contributed by atoms with Gasteiger partial charge in [0, 0.05) is 12.6 Å². The van der Waals surface area contributed by atoms with Gasteiger partial charge in [-0.05, 0) is 37.5 Å². The van der Waals surface area contributed by atoms with Gasteiger partial charge in [0.15, 0.2) is 0 Å². The monoisotopic (exact) mass is 211 g/mol. The quantitative estimate of drug-likeness (QED) is 0.751. The van der Waals surface area contributed by atoms with Gasteiger partial charge in [-0.15, -0.1) is 0 Å². The highest BCUT2D eigenvalue weighted by atomic mass is 16.3. The number of nitrogens with one attached hydrogen (secondary N) is 1. The first-order valence-electron chi connectivity index (χ1n) is 6.53. The van der Waals surface area contributed by atoms with E-state index in [0.717, 1.165) is 25.3 Å². The second kappa shape index (κ2) is 4.42. The van der Waals surface area contributed by atoms with Gasteiger partial charge >= 0.3 is 0 Å². The van der Waals surface area contributed by atoms with Gasteiger partial charge in [0.2, 0.25) is 0 Å². The highest BCUT2D eigenvalue weighted by Crippen LogP contribution is 2.33. The van der Waals surface area contributed by atoms with Crippen LogP contribution in [0.3, 0.4) is 0 Å². The molecule has 0 amide bonds. The Hall–Kier alpha value is -0.0800. The van der Waals surface area contributed by atoms with E-state index in [2.05, 4.69) is 19.2 Å². The van der Waals surface area contributed by atoms with E-state index in [0.29, 0.717) is 12.0 Å². The topological polar surface area (TPSA) is 32.3 Å². The Kier molecular flexibility index (Phi) is 3.36. The molecule has 0 radical (unpaired) electrons. The first-order chi connectivity index (χ1) is 7.07. The molecular weight excluding hydrogens is 186 g/mol. The van der Waals surface area contributed by atoms with Crippen LogP contribution in [0.5, 0.6) is 0 Å².